The molecule has 0 radical (unpaired) electrons. The average molecular weight is 279 g/mol. The molecule has 3 atom stereocenters. The van der Waals surface area contributed by atoms with E-state index in [4.69, 9.17) is 9.84 Å². The summed E-state index contributed by atoms with van der Waals surface area (Å²) in [5, 5.41) is 18.9. The van der Waals surface area contributed by atoms with Gasteiger partial charge in [-0.25, -0.2) is 9.59 Å². The predicted octanol–water partition coefficient (Wildman–Crippen LogP) is 1.09. The Labute approximate surface area is 116 Å². The number of ether oxygens (including phenoxy) is 1. The largest absolute Gasteiger partial charge is 0.480 e. The van der Waals surface area contributed by atoms with E-state index in [0.717, 1.165) is 10.5 Å². The monoisotopic (exact) mass is 279 g/mol. The molecule has 0 saturated carbocycles. The second-order valence-electron chi connectivity index (χ2n) is 4.90. The van der Waals surface area contributed by atoms with Gasteiger partial charge in [-0.1, -0.05) is 37.3 Å². The third kappa shape index (κ3) is 2.91. The summed E-state index contributed by atoms with van der Waals surface area (Å²) in [6.45, 7) is 1.66. The van der Waals surface area contributed by atoms with Gasteiger partial charge in [-0.2, -0.15) is 0 Å². The molecule has 0 bridgehead atoms. The van der Waals surface area contributed by atoms with Crippen molar-refractivity contribution >= 4 is 12.1 Å². The van der Waals surface area contributed by atoms with Gasteiger partial charge in [0.25, 0.3) is 0 Å². The van der Waals surface area contributed by atoms with E-state index in [1.165, 1.54) is 0 Å². The normalized spacial score (nSPS) is 25.5. The number of carbonyl (C=O) groups is 2. The standard InChI is InChI=1S/C14H17NO5/c1-9-11(16)7-15(12(9)13(17)18)14(19)20-8-10-5-3-2-4-6-10/h2-6,9,11-12,16H,7-8H2,1H3,(H,17,18). The Balaban J connectivity index is 1.99. The zero-order chi connectivity index (χ0) is 14.7. The smallest absolute Gasteiger partial charge is 0.410 e. The van der Waals surface area contributed by atoms with Crippen molar-refractivity contribution in [1.82, 2.24) is 4.90 Å². The molecule has 1 aromatic carbocycles. The Morgan fingerprint density at radius 3 is 2.60 bits per heavy atom. The van der Waals surface area contributed by atoms with E-state index in [0.29, 0.717) is 0 Å². The molecule has 1 aromatic rings. The van der Waals surface area contributed by atoms with E-state index in [-0.39, 0.29) is 13.2 Å². The van der Waals surface area contributed by atoms with Gasteiger partial charge in [0.1, 0.15) is 12.6 Å². The fourth-order valence-electron chi connectivity index (χ4n) is 2.32. The Morgan fingerprint density at radius 2 is 2.00 bits per heavy atom. The van der Waals surface area contributed by atoms with E-state index >= 15 is 0 Å². The predicted molar refractivity (Wildman–Crippen MR) is 69.9 cm³/mol. The van der Waals surface area contributed by atoms with Crippen LogP contribution in [0, 0.1) is 5.92 Å². The molecular weight excluding hydrogens is 262 g/mol. The third-order valence-corrected chi connectivity index (χ3v) is 3.52. The summed E-state index contributed by atoms with van der Waals surface area (Å²) < 4.78 is 5.10. The molecule has 20 heavy (non-hydrogen) atoms. The van der Waals surface area contributed by atoms with Crippen molar-refractivity contribution in [3.63, 3.8) is 0 Å². The highest BCUT2D eigenvalue weighted by molar-refractivity contribution is 5.81. The molecule has 1 aliphatic rings. The molecule has 1 fully saturated rings. The van der Waals surface area contributed by atoms with Crippen molar-refractivity contribution in [2.24, 2.45) is 5.92 Å². The summed E-state index contributed by atoms with van der Waals surface area (Å²) in [5.41, 5.74) is 0.820. The van der Waals surface area contributed by atoms with Crippen LogP contribution in [0.4, 0.5) is 4.79 Å². The van der Waals surface area contributed by atoms with Crippen LogP contribution in [0.2, 0.25) is 0 Å². The second-order valence-corrected chi connectivity index (χ2v) is 4.90. The number of β-amino-alcohol motifs (C(OH)–C–C–N with tert-alkyl or cyclic N) is 1. The lowest BCUT2D eigenvalue weighted by molar-refractivity contribution is -0.143. The minimum atomic E-state index is -1.13. The first kappa shape index (κ1) is 14.3. The van der Waals surface area contributed by atoms with Crippen LogP contribution < -0.4 is 0 Å². The number of aliphatic hydroxyl groups excluding tert-OH is 1. The summed E-state index contributed by atoms with van der Waals surface area (Å²) >= 11 is 0. The van der Waals surface area contributed by atoms with E-state index < -0.39 is 30.1 Å². The molecule has 0 aromatic heterocycles. The van der Waals surface area contributed by atoms with Crippen LogP contribution in [0.3, 0.4) is 0 Å². The Hall–Kier alpha value is -2.08. The van der Waals surface area contributed by atoms with E-state index in [1.807, 2.05) is 30.3 Å². The molecular formula is C14H17NO5. The van der Waals surface area contributed by atoms with Gasteiger partial charge in [0, 0.05) is 5.92 Å². The van der Waals surface area contributed by atoms with Crippen LogP contribution in [0.5, 0.6) is 0 Å². The van der Waals surface area contributed by atoms with Gasteiger partial charge >= 0.3 is 12.1 Å². The molecule has 1 saturated heterocycles. The maximum atomic E-state index is 12.0. The number of hydrogen-bond acceptors (Lipinski definition) is 4. The van der Waals surface area contributed by atoms with Gasteiger partial charge < -0.3 is 14.9 Å². The fraction of sp³-hybridized carbons (Fsp3) is 0.429. The number of rotatable bonds is 3. The van der Waals surface area contributed by atoms with Crippen molar-refractivity contribution in [3.05, 3.63) is 35.9 Å². The Bertz CT molecular complexity index is 490. The lowest BCUT2D eigenvalue weighted by Crippen LogP contribution is -2.43. The van der Waals surface area contributed by atoms with Gasteiger partial charge in [0.05, 0.1) is 12.6 Å². The summed E-state index contributed by atoms with van der Waals surface area (Å²) in [6.07, 6.45) is -1.56. The molecule has 2 rings (SSSR count). The molecule has 1 heterocycles. The van der Waals surface area contributed by atoms with Crippen molar-refractivity contribution in [2.45, 2.75) is 25.7 Å². The summed E-state index contributed by atoms with van der Waals surface area (Å²) in [7, 11) is 0. The van der Waals surface area contributed by atoms with E-state index in [2.05, 4.69) is 0 Å². The van der Waals surface area contributed by atoms with Gasteiger partial charge in [0.2, 0.25) is 0 Å². The van der Waals surface area contributed by atoms with Gasteiger partial charge in [-0.3, -0.25) is 4.90 Å². The van der Waals surface area contributed by atoms with Crippen LogP contribution in [0.1, 0.15) is 12.5 Å². The number of hydrogen-bond donors (Lipinski definition) is 2. The lowest BCUT2D eigenvalue weighted by Gasteiger charge is -2.22. The lowest BCUT2D eigenvalue weighted by atomic mass is 10.0. The molecule has 0 spiro atoms. The number of carboxylic acids is 1. The highest BCUT2D eigenvalue weighted by Gasteiger charge is 2.45. The number of benzene rings is 1. The summed E-state index contributed by atoms with van der Waals surface area (Å²) in [5.74, 6) is -1.65. The molecule has 3 unspecified atom stereocenters. The highest BCUT2D eigenvalue weighted by atomic mass is 16.6. The number of carboxylic acid groups (broad SMARTS) is 1. The number of carbonyl (C=O) groups excluding carboxylic acids is 1. The molecule has 6 nitrogen and oxygen atoms in total. The van der Waals surface area contributed by atoms with Gasteiger partial charge in [0.15, 0.2) is 0 Å². The maximum Gasteiger partial charge on any atom is 0.410 e. The SMILES string of the molecule is CC1C(O)CN(C(=O)OCc2ccccc2)C1C(=O)O. The molecule has 6 heteroatoms. The number of likely N-dealkylation sites (tertiary alicyclic amines) is 1. The zero-order valence-electron chi connectivity index (χ0n) is 11.1. The minimum Gasteiger partial charge on any atom is -0.480 e. The Morgan fingerprint density at radius 1 is 1.35 bits per heavy atom. The van der Waals surface area contributed by atoms with Gasteiger partial charge in [-0.15, -0.1) is 0 Å². The average Bonchev–Trinajstić information content (AvgIpc) is 2.73. The van der Waals surface area contributed by atoms with Crippen LogP contribution >= 0.6 is 0 Å². The number of aliphatic carboxylic acids is 1. The maximum absolute atomic E-state index is 12.0. The van der Waals surface area contributed by atoms with E-state index in [9.17, 15) is 14.7 Å². The minimum absolute atomic E-state index is 0.0221. The summed E-state index contributed by atoms with van der Waals surface area (Å²) in [4.78, 5) is 24.2. The molecule has 2 N–H and O–H groups in total. The quantitative estimate of drug-likeness (QED) is 0.864. The zero-order valence-corrected chi connectivity index (χ0v) is 11.1. The van der Waals surface area contributed by atoms with Crippen LogP contribution in [-0.2, 0) is 16.1 Å². The molecule has 108 valence electrons. The fourth-order valence-corrected chi connectivity index (χ4v) is 2.32. The molecule has 1 amide bonds. The van der Waals surface area contributed by atoms with Crippen LogP contribution in [0.25, 0.3) is 0 Å². The topological polar surface area (TPSA) is 87.1 Å². The van der Waals surface area contributed by atoms with E-state index in [1.54, 1.807) is 6.92 Å². The molecule has 1 aliphatic heterocycles. The number of amides is 1. The van der Waals surface area contributed by atoms with Crippen molar-refractivity contribution < 1.29 is 24.5 Å². The van der Waals surface area contributed by atoms with Crippen LogP contribution in [0.15, 0.2) is 30.3 Å². The van der Waals surface area contributed by atoms with Crippen molar-refractivity contribution in [2.75, 3.05) is 6.54 Å². The first-order chi connectivity index (χ1) is 9.50. The van der Waals surface area contributed by atoms with Crippen molar-refractivity contribution in [3.8, 4) is 0 Å². The van der Waals surface area contributed by atoms with Gasteiger partial charge in [-0.05, 0) is 5.56 Å². The second kappa shape index (κ2) is 5.92. The molecule has 0 aliphatic carbocycles. The highest BCUT2D eigenvalue weighted by Crippen LogP contribution is 2.25. The first-order valence-corrected chi connectivity index (χ1v) is 6.39. The first-order valence-electron chi connectivity index (χ1n) is 6.39. The Kier molecular flexibility index (Phi) is 4.24. The summed E-state index contributed by atoms with van der Waals surface area (Å²) in [6, 6.07) is 8.07. The number of aliphatic hydroxyl groups is 1. The third-order valence-electron chi connectivity index (χ3n) is 3.52. The number of nitrogens with zero attached hydrogens (tertiary/aromatic N) is 1. The van der Waals surface area contributed by atoms with Crippen LogP contribution in [-0.4, -0.2) is 45.9 Å². The van der Waals surface area contributed by atoms with Crippen molar-refractivity contribution in [1.29, 1.82) is 0 Å².